The zero-order valence-electron chi connectivity index (χ0n) is 17.7. The van der Waals surface area contributed by atoms with Gasteiger partial charge in [-0.2, -0.15) is 5.10 Å². The van der Waals surface area contributed by atoms with Crippen molar-refractivity contribution in [2.75, 3.05) is 13.1 Å². The molecule has 0 saturated carbocycles. The van der Waals surface area contributed by atoms with Gasteiger partial charge in [0, 0.05) is 17.6 Å². The molecule has 0 atom stereocenters. The number of nitrogens with one attached hydrogen (secondary N) is 2. The second-order valence-corrected chi connectivity index (χ2v) is 7.80. The van der Waals surface area contributed by atoms with Crippen molar-refractivity contribution in [3.63, 3.8) is 0 Å². The highest BCUT2D eigenvalue weighted by Crippen LogP contribution is 2.30. The average Bonchev–Trinajstić information content (AvgIpc) is 3.24. The Morgan fingerprint density at radius 3 is 2.53 bits per heavy atom. The lowest BCUT2D eigenvalue weighted by Gasteiger charge is -2.23. The van der Waals surface area contributed by atoms with E-state index in [4.69, 9.17) is 9.40 Å². The summed E-state index contributed by atoms with van der Waals surface area (Å²) in [7, 11) is 0. The van der Waals surface area contributed by atoms with Gasteiger partial charge in [-0.3, -0.25) is 4.79 Å². The molecular formula is C21H29Cl2N5O2. The van der Waals surface area contributed by atoms with Crippen LogP contribution in [0.3, 0.4) is 0 Å². The summed E-state index contributed by atoms with van der Waals surface area (Å²) < 4.78 is 7.56. The number of hydrogen-bond donors (Lipinski definition) is 2. The van der Waals surface area contributed by atoms with Crippen molar-refractivity contribution in [2.45, 2.75) is 52.6 Å². The molecule has 2 N–H and O–H groups in total. The van der Waals surface area contributed by atoms with Crippen LogP contribution < -0.4 is 10.6 Å². The van der Waals surface area contributed by atoms with Crippen molar-refractivity contribution in [1.29, 1.82) is 0 Å². The summed E-state index contributed by atoms with van der Waals surface area (Å²) in [6, 6.07) is 4.17. The maximum atomic E-state index is 13.2. The Morgan fingerprint density at radius 1 is 1.23 bits per heavy atom. The van der Waals surface area contributed by atoms with Crippen LogP contribution in [0.15, 0.2) is 22.7 Å². The van der Waals surface area contributed by atoms with Crippen molar-refractivity contribution >= 4 is 41.8 Å². The molecule has 4 heterocycles. The van der Waals surface area contributed by atoms with Gasteiger partial charge in [-0.1, -0.05) is 0 Å². The number of rotatable bonds is 4. The molecule has 164 valence electrons. The van der Waals surface area contributed by atoms with Crippen molar-refractivity contribution in [2.24, 2.45) is 0 Å². The van der Waals surface area contributed by atoms with Crippen molar-refractivity contribution in [3.05, 3.63) is 35.4 Å². The third-order valence-electron chi connectivity index (χ3n) is 5.29. The number of carbonyl (C=O) groups is 1. The van der Waals surface area contributed by atoms with Gasteiger partial charge in [0.15, 0.2) is 5.65 Å². The van der Waals surface area contributed by atoms with Crippen molar-refractivity contribution < 1.29 is 9.21 Å². The Labute approximate surface area is 188 Å². The van der Waals surface area contributed by atoms with Gasteiger partial charge >= 0.3 is 0 Å². The highest BCUT2D eigenvalue weighted by Gasteiger charge is 2.22. The van der Waals surface area contributed by atoms with E-state index in [2.05, 4.69) is 29.6 Å². The van der Waals surface area contributed by atoms with Gasteiger partial charge in [-0.25, -0.2) is 9.67 Å². The maximum absolute atomic E-state index is 13.2. The molecule has 0 aromatic carbocycles. The van der Waals surface area contributed by atoms with Gasteiger partial charge in [0.05, 0.1) is 22.8 Å². The van der Waals surface area contributed by atoms with Crippen LogP contribution in [0.4, 0.5) is 0 Å². The van der Waals surface area contributed by atoms with Gasteiger partial charge < -0.3 is 15.1 Å². The molecule has 9 heteroatoms. The van der Waals surface area contributed by atoms with E-state index in [0.717, 1.165) is 59.7 Å². The standard InChI is InChI=1S/C21H27N5O2.2ClH/c1-12(2)26-20-18(11-23-26)17(21(27)24-15-5-7-22-8-6-15)10-19(25-20)16-9-13(3)28-14(16)4;;/h9-12,15,22H,5-8H2,1-4H3,(H,24,27);2*1H. The summed E-state index contributed by atoms with van der Waals surface area (Å²) in [5.74, 6) is 1.55. The lowest BCUT2D eigenvalue weighted by atomic mass is 10.0. The molecular weight excluding hydrogens is 425 g/mol. The Balaban J connectivity index is 0.00000160. The largest absolute Gasteiger partial charge is 0.466 e. The summed E-state index contributed by atoms with van der Waals surface area (Å²) >= 11 is 0. The Hall–Kier alpha value is -2.09. The van der Waals surface area contributed by atoms with Crippen LogP contribution in [0.25, 0.3) is 22.3 Å². The lowest BCUT2D eigenvalue weighted by Crippen LogP contribution is -2.42. The monoisotopic (exact) mass is 453 g/mol. The second-order valence-electron chi connectivity index (χ2n) is 7.80. The molecule has 0 radical (unpaired) electrons. The predicted octanol–water partition coefficient (Wildman–Crippen LogP) is 4.21. The zero-order valence-corrected chi connectivity index (χ0v) is 19.3. The molecule has 0 spiro atoms. The zero-order chi connectivity index (χ0) is 19.8. The number of fused-ring (bicyclic) bond motifs is 1. The van der Waals surface area contributed by atoms with E-state index < -0.39 is 0 Å². The van der Waals surface area contributed by atoms with Gasteiger partial charge in [-0.15, -0.1) is 24.8 Å². The van der Waals surface area contributed by atoms with E-state index in [0.29, 0.717) is 5.56 Å². The molecule has 1 aliphatic rings. The molecule has 30 heavy (non-hydrogen) atoms. The number of nitrogens with zero attached hydrogens (tertiary/aromatic N) is 3. The number of furan rings is 1. The van der Waals surface area contributed by atoms with Crippen LogP contribution in [-0.2, 0) is 0 Å². The van der Waals surface area contributed by atoms with Crippen molar-refractivity contribution in [3.8, 4) is 11.3 Å². The number of aryl methyl sites for hydroxylation is 2. The van der Waals surface area contributed by atoms with E-state index in [-0.39, 0.29) is 42.8 Å². The molecule has 3 aromatic rings. The first-order valence-electron chi connectivity index (χ1n) is 9.91. The van der Waals surface area contributed by atoms with E-state index >= 15 is 0 Å². The SMILES string of the molecule is Cc1cc(-c2cc(C(=O)NC3CCNCC3)c3cnn(C(C)C)c3n2)c(C)o1.Cl.Cl. The topological polar surface area (TPSA) is 85.0 Å². The number of amides is 1. The quantitative estimate of drug-likeness (QED) is 0.617. The van der Waals surface area contributed by atoms with Crippen LogP contribution in [0.5, 0.6) is 0 Å². The molecule has 1 amide bonds. The number of halogens is 2. The Kier molecular flexibility index (Phi) is 7.91. The number of hydrogen-bond acceptors (Lipinski definition) is 5. The number of piperidine rings is 1. The third kappa shape index (κ3) is 4.63. The third-order valence-corrected chi connectivity index (χ3v) is 5.29. The molecule has 0 aliphatic carbocycles. The average molecular weight is 454 g/mol. The summed E-state index contributed by atoms with van der Waals surface area (Å²) in [6.07, 6.45) is 3.63. The van der Waals surface area contributed by atoms with Gasteiger partial charge in [0.2, 0.25) is 0 Å². The summed E-state index contributed by atoms with van der Waals surface area (Å²) in [5, 5.41) is 11.8. The summed E-state index contributed by atoms with van der Waals surface area (Å²) in [6.45, 7) is 9.81. The van der Waals surface area contributed by atoms with Crippen LogP contribution in [0.2, 0.25) is 0 Å². The van der Waals surface area contributed by atoms with Gasteiger partial charge in [-0.05, 0) is 65.8 Å². The Bertz CT molecular complexity index is 1020. The molecule has 4 rings (SSSR count). The first-order chi connectivity index (χ1) is 13.4. The molecule has 3 aromatic heterocycles. The smallest absolute Gasteiger partial charge is 0.252 e. The van der Waals surface area contributed by atoms with E-state index in [1.807, 2.05) is 30.7 Å². The molecule has 1 fully saturated rings. The van der Waals surface area contributed by atoms with Gasteiger partial charge in [0.1, 0.15) is 11.5 Å². The lowest BCUT2D eigenvalue weighted by molar-refractivity contribution is 0.0931. The van der Waals surface area contributed by atoms with Crippen LogP contribution >= 0.6 is 24.8 Å². The van der Waals surface area contributed by atoms with Crippen LogP contribution in [0, 0.1) is 13.8 Å². The highest BCUT2D eigenvalue weighted by molar-refractivity contribution is 6.06. The molecule has 7 nitrogen and oxygen atoms in total. The first-order valence-corrected chi connectivity index (χ1v) is 9.91. The summed E-state index contributed by atoms with van der Waals surface area (Å²) in [5.41, 5.74) is 2.98. The second kappa shape index (κ2) is 9.81. The first kappa shape index (κ1) is 24.2. The molecule has 1 saturated heterocycles. The molecule has 0 bridgehead atoms. The fourth-order valence-electron chi connectivity index (χ4n) is 3.84. The van der Waals surface area contributed by atoms with Crippen molar-refractivity contribution in [1.82, 2.24) is 25.4 Å². The highest BCUT2D eigenvalue weighted by atomic mass is 35.5. The minimum Gasteiger partial charge on any atom is -0.466 e. The minimum atomic E-state index is -0.0678. The summed E-state index contributed by atoms with van der Waals surface area (Å²) in [4.78, 5) is 18.0. The Morgan fingerprint density at radius 2 is 1.93 bits per heavy atom. The molecule has 1 aliphatic heterocycles. The van der Waals surface area contributed by atoms with E-state index in [1.165, 1.54) is 0 Å². The van der Waals surface area contributed by atoms with Crippen LogP contribution in [-0.4, -0.2) is 39.8 Å². The fourth-order valence-corrected chi connectivity index (χ4v) is 3.84. The maximum Gasteiger partial charge on any atom is 0.252 e. The number of pyridine rings is 1. The molecule has 0 unspecified atom stereocenters. The van der Waals surface area contributed by atoms with E-state index in [9.17, 15) is 4.79 Å². The normalized spacial score (nSPS) is 14.4. The van der Waals surface area contributed by atoms with Gasteiger partial charge in [0.25, 0.3) is 5.91 Å². The number of aromatic nitrogens is 3. The number of carbonyl (C=O) groups excluding carboxylic acids is 1. The predicted molar refractivity (Wildman–Crippen MR) is 123 cm³/mol. The fraction of sp³-hybridized carbons (Fsp3) is 0.476. The minimum absolute atomic E-state index is 0. The van der Waals surface area contributed by atoms with E-state index in [1.54, 1.807) is 6.20 Å². The van der Waals surface area contributed by atoms with Crippen LogP contribution in [0.1, 0.15) is 54.6 Å².